The molecule has 0 spiro atoms. The van der Waals surface area contributed by atoms with Crippen molar-refractivity contribution < 1.29 is 55.6 Å². The maximum absolute atomic E-state index is 14.3. The predicted octanol–water partition coefficient (Wildman–Crippen LogP) is 3.68. The summed E-state index contributed by atoms with van der Waals surface area (Å²) in [5, 5.41) is 17.5. The molecule has 29 heavy (non-hydrogen) atoms. The van der Waals surface area contributed by atoms with Gasteiger partial charge >= 0.3 is 25.9 Å². The van der Waals surface area contributed by atoms with Crippen LogP contribution >= 0.6 is 8.03 Å². The van der Waals surface area contributed by atoms with Crippen LogP contribution in [0.15, 0.2) is 12.1 Å². The van der Waals surface area contributed by atoms with Crippen LogP contribution in [0.4, 0.5) is 22.0 Å². The minimum absolute atomic E-state index is 0.236. The van der Waals surface area contributed by atoms with Crippen molar-refractivity contribution in [1.82, 2.24) is 0 Å². The van der Waals surface area contributed by atoms with Crippen molar-refractivity contribution in [3.05, 3.63) is 35.1 Å². The molecule has 0 bridgehead atoms. The number of aliphatic carboxylic acids is 2. The lowest BCUT2D eigenvalue weighted by Crippen LogP contribution is -2.32. The summed E-state index contributed by atoms with van der Waals surface area (Å²) < 4.78 is 84.5. The maximum atomic E-state index is 14.3. The van der Waals surface area contributed by atoms with Gasteiger partial charge in [0, 0.05) is 6.42 Å². The topological polar surface area (TPSA) is 118 Å². The van der Waals surface area contributed by atoms with Gasteiger partial charge in [-0.1, -0.05) is 0 Å². The number of benzene rings is 1. The van der Waals surface area contributed by atoms with Crippen molar-refractivity contribution in [2.45, 2.75) is 25.7 Å². The monoisotopic (exact) mass is 445 g/mol. The second-order valence-corrected chi connectivity index (χ2v) is 7.17. The van der Waals surface area contributed by atoms with E-state index in [9.17, 15) is 40.9 Å². The van der Waals surface area contributed by atoms with Crippen LogP contribution in [0.2, 0.25) is 0 Å². The summed E-state index contributed by atoms with van der Waals surface area (Å²) in [6, 6.07) is 0.476. The number of rotatable bonds is 10. The third-order valence-electron chi connectivity index (χ3n) is 3.91. The summed E-state index contributed by atoms with van der Waals surface area (Å²) in [6.45, 7) is 0.561. The zero-order chi connectivity index (χ0) is 22.5. The molecule has 3 atom stereocenters. The molecule has 0 aliphatic heterocycles. The molecule has 13 heteroatoms. The van der Waals surface area contributed by atoms with Gasteiger partial charge in [-0.2, -0.15) is 0 Å². The molecule has 0 aliphatic rings. The molecular weight excluding hydrogens is 430 g/mol. The van der Waals surface area contributed by atoms with Gasteiger partial charge in [0.1, 0.15) is 11.8 Å². The molecule has 0 aliphatic carbocycles. The van der Waals surface area contributed by atoms with Gasteiger partial charge in [-0.3, -0.25) is 9.59 Å². The standard InChI is InChI=1S/C16H14F5O7P/c1-7(16(20,21)9-3-4-10(17)13(19)12(9)18)15(26)28-29(27)6-8(14(24)25)2-5-11(22)23/h3-4,7-8H,2,5-6H2,1H3,(H-,22,23,24,25)/p+1. The van der Waals surface area contributed by atoms with E-state index in [-0.39, 0.29) is 12.1 Å². The smallest absolute Gasteiger partial charge is 0.481 e. The van der Waals surface area contributed by atoms with Gasteiger partial charge in [-0.05, 0) is 30.0 Å². The molecule has 0 heterocycles. The SMILES string of the molecule is CC(C(=O)O[P+](=O)CC(CCC(=O)O)C(=O)O)C(F)(F)c1ccc(F)c(F)c1F. The highest BCUT2D eigenvalue weighted by Crippen LogP contribution is 2.40. The first-order valence-corrected chi connectivity index (χ1v) is 9.28. The number of carboxylic acid groups (broad SMARTS) is 2. The normalized spacial score (nSPS) is 14.1. The van der Waals surface area contributed by atoms with Gasteiger partial charge in [-0.15, -0.1) is 0 Å². The van der Waals surface area contributed by atoms with E-state index in [0.717, 1.165) is 0 Å². The quantitative estimate of drug-likeness (QED) is 0.320. The predicted molar refractivity (Wildman–Crippen MR) is 85.9 cm³/mol. The Balaban J connectivity index is 2.89. The van der Waals surface area contributed by atoms with E-state index in [0.29, 0.717) is 6.92 Å². The zero-order valence-electron chi connectivity index (χ0n) is 14.7. The van der Waals surface area contributed by atoms with E-state index in [1.54, 1.807) is 0 Å². The number of hydrogen-bond donors (Lipinski definition) is 2. The Bertz CT molecular complexity index is 830. The third-order valence-corrected chi connectivity index (χ3v) is 5.03. The molecule has 3 unspecified atom stereocenters. The van der Waals surface area contributed by atoms with E-state index in [2.05, 4.69) is 4.52 Å². The summed E-state index contributed by atoms with van der Waals surface area (Å²) in [5.74, 6) is -19.1. The van der Waals surface area contributed by atoms with Crippen molar-refractivity contribution >= 4 is 25.9 Å². The van der Waals surface area contributed by atoms with Crippen molar-refractivity contribution in [2.24, 2.45) is 11.8 Å². The first-order chi connectivity index (χ1) is 13.3. The number of carbonyl (C=O) groups excluding carboxylic acids is 1. The summed E-state index contributed by atoms with van der Waals surface area (Å²) in [6.07, 6.45) is -1.87. The average Bonchev–Trinajstić information content (AvgIpc) is 2.61. The number of halogens is 5. The molecule has 0 saturated carbocycles. The molecule has 7 nitrogen and oxygen atoms in total. The molecule has 160 valence electrons. The fraction of sp³-hybridized carbons (Fsp3) is 0.438. The Morgan fingerprint density at radius 2 is 1.72 bits per heavy atom. The second kappa shape index (κ2) is 9.73. The minimum Gasteiger partial charge on any atom is -0.481 e. The minimum atomic E-state index is -4.37. The highest BCUT2D eigenvalue weighted by atomic mass is 31.1. The Kier molecular flexibility index (Phi) is 8.19. The van der Waals surface area contributed by atoms with Gasteiger partial charge in [0.2, 0.25) is 0 Å². The van der Waals surface area contributed by atoms with E-state index < -0.39 is 85.7 Å². The van der Waals surface area contributed by atoms with Gasteiger partial charge in [0.25, 0.3) is 5.92 Å². The summed E-state index contributed by atoms with van der Waals surface area (Å²) in [4.78, 5) is 33.3. The molecule has 0 radical (unpaired) electrons. The highest BCUT2D eigenvalue weighted by molar-refractivity contribution is 7.39. The number of carboxylic acids is 2. The lowest BCUT2D eigenvalue weighted by Gasteiger charge is -2.21. The number of alkyl halides is 2. The Labute approximate surface area is 161 Å². The average molecular weight is 445 g/mol. The molecule has 0 saturated heterocycles. The van der Waals surface area contributed by atoms with Gasteiger partial charge in [0.05, 0.1) is 5.56 Å². The lowest BCUT2D eigenvalue weighted by atomic mass is 9.95. The van der Waals surface area contributed by atoms with Crippen LogP contribution in [0.1, 0.15) is 25.3 Å². The van der Waals surface area contributed by atoms with E-state index in [1.807, 2.05) is 0 Å². The van der Waals surface area contributed by atoms with Crippen LogP contribution in [0.25, 0.3) is 0 Å². The van der Waals surface area contributed by atoms with Crippen LogP contribution in [0.3, 0.4) is 0 Å². The van der Waals surface area contributed by atoms with E-state index >= 15 is 0 Å². The van der Waals surface area contributed by atoms with E-state index in [1.165, 1.54) is 0 Å². The zero-order valence-corrected chi connectivity index (χ0v) is 15.6. The highest BCUT2D eigenvalue weighted by Gasteiger charge is 2.49. The van der Waals surface area contributed by atoms with Crippen LogP contribution in [-0.4, -0.2) is 34.3 Å². The number of carbonyl (C=O) groups is 3. The molecule has 0 amide bonds. The summed E-state index contributed by atoms with van der Waals surface area (Å²) in [5.41, 5.74) is -1.62. The summed E-state index contributed by atoms with van der Waals surface area (Å²) in [7, 11) is -3.12. The molecule has 1 rings (SSSR count). The molecule has 0 fully saturated rings. The fourth-order valence-electron chi connectivity index (χ4n) is 2.15. The van der Waals surface area contributed by atoms with Crippen molar-refractivity contribution in [3.63, 3.8) is 0 Å². The maximum Gasteiger partial charge on any atom is 0.559 e. The summed E-state index contributed by atoms with van der Waals surface area (Å²) >= 11 is 0. The van der Waals surface area contributed by atoms with Crippen LogP contribution in [0.5, 0.6) is 0 Å². The molecule has 1 aromatic rings. The fourth-order valence-corrected chi connectivity index (χ4v) is 3.28. The first-order valence-electron chi connectivity index (χ1n) is 7.91. The molecule has 0 aromatic heterocycles. The van der Waals surface area contributed by atoms with E-state index in [4.69, 9.17) is 10.2 Å². The second-order valence-electron chi connectivity index (χ2n) is 5.96. The van der Waals surface area contributed by atoms with Gasteiger partial charge in [0.15, 0.2) is 23.6 Å². The van der Waals surface area contributed by atoms with Gasteiger partial charge < -0.3 is 10.2 Å². The largest absolute Gasteiger partial charge is 0.559 e. The lowest BCUT2D eigenvalue weighted by molar-refractivity contribution is -0.154. The van der Waals surface area contributed by atoms with Crippen LogP contribution < -0.4 is 0 Å². The molecule has 1 aromatic carbocycles. The Morgan fingerprint density at radius 1 is 1.14 bits per heavy atom. The van der Waals surface area contributed by atoms with Crippen molar-refractivity contribution in [1.29, 1.82) is 0 Å². The molecular formula is C16H15F5O7P+. The first kappa shape index (κ1) is 24.4. The van der Waals surface area contributed by atoms with Gasteiger partial charge in [-0.25, -0.2) is 31.3 Å². The third kappa shape index (κ3) is 6.18. The van der Waals surface area contributed by atoms with Crippen LogP contribution in [0, 0.1) is 29.3 Å². The van der Waals surface area contributed by atoms with Crippen LogP contribution in [-0.2, 0) is 29.4 Å². The number of hydrogen-bond acceptors (Lipinski definition) is 5. The van der Waals surface area contributed by atoms with Crippen molar-refractivity contribution in [2.75, 3.05) is 6.16 Å². The Morgan fingerprint density at radius 3 is 2.24 bits per heavy atom. The molecule has 2 N–H and O–H groups in total. The Hall–Kier alpha value is -2.62. The van der Waals surface area contributed by atoms with Crippen molar-refractivity contribution in [3.8, 4) is 0 Å².